The third kappa shape index (κ3) is 35.1. The maximum absolute atomic E-state index is 12.8. The van der Waals surface area contributed by atoms with Crippen LogP contribution in [0.4, 0.5) is 0 Å². The van der Waals surface area contributed by atoms with Gasteiger partial charge in [-0.25, -0.2) is 0 Å². The SMILES string of the molecule is CCCCCCCCCOC(=O)CCCCCCCN(CCCCCCCC(=O)OC(CCCCCCCC)CCCCCCCC)CCCn1cccc1. The van der Waals surface area contributed by atoms with Crippen LogP contribution < -0.4 is 0 Å². The van der Waals surface area contributed by atoms with E-state index in [0.717, 1.165) is 71.1 Å². The van der Waals surface area contributed by atoms with Gasteiger partial charge >= 0.3 is 11.9 Å². The summed E-state index contributed by atoms with van der Waals surface area (Å²) in [5.41, 5.74) is 0. The van der Waals surface area contributed by atoms with E-state index in [1.807, 2.05) is 0 Å². The summed E-state index contributed by atoms with van der Waals surface area (Å²) in [4.78, 5) is 27.6. The summed E-state index contributed by atoms with van der Waals surface area (Å²) in [5.74, 6) is 0.0283. The third-order valence-corrected chi connectivity index (χ3v) is 11.3. The highest BCUT2D eigenvalue weighted by Gasteiger charge is 2.14. The number of carbonyl (C=O) groups excluding carboxylic acids is 2. The number of esters is 2. The molecule has 0 unspecified atom stereocenters. The van der Waals surface area contributed by atoms with Gasteiger partial charge in [0.15, 0.2) is 0 Å². The number of ether oxygens (including phenoxy) is 2. The molecule has 0 spiro atoms. The molecule has 1 aromatic heterocycles. The standard InChI is InChI=1S/C49H92N2O4/c1-4-7-10-13-16-25-34-46-54-48(52)38-28-21-17-23-30-40-50(44-35-45-51-42-32-33-43-51)41-31-24-18-22-29-39-49(53)55-47(36-26-19-14-11-8-5-2)37-27-20-15-12-9-6-3/h32-33,42-43,47H,4-31,34-41,44-46H2,1-3H3. The molecule has 6 nitrogen and oxygen atoms in total. The van der Waals surface area contributed by atoms with Gasteiger partial charge in [-0.2, -0.15) is 0 Å². The number of aromatic nitrogens is 1. The van der Waals surface area contributed by atoms with Gasteiger partial charge in [-0.3, -0.25) is 9.59 Å². The van der Waals surface area contributed by atoms with Gasteiger partial charge in [0, 0.05) is 31.8 Å². The molecule has 0 N–H and O–H groups in total. The molecular weight excluding hydrogens is 681 g/mol. The highest BCUT2D eigenvalue weighted by Crippen LogP contribution is 2.19. The first-order valence-corrected chi connectivity index (χ1v) is 24.3. The summed E-state index contributed by atoms with van der Waals surface area (Å²) in [6.45, 7) is 11.9. The lowest BCUT2D eigenvalue weighted by Crippen LogP contribution is -2.28. The summed E-state index contributed by atoms with van der Waals surface area (Å²) in [6, 6.07) is 4.22. The third-order valence-electron chi connectivity index (χ3n) is 11.3. The molecule has 0 aromatic carbocycles. The van der Waals surface area contributed by atoms with Gasteiger partial charge < -0.3 is 18.9 Å². The van der Waals surface area contributed by atoms with Crippen LogP contribution in [0.5, 0.6) is 0 Å². The summed E-state index contributed by atoms with van der Waals surface area (Å²) >= 11 is 0. The van der Waals surface area contributed by atoms with Gasteiger partial charge in [0.1, 0.15) is 6.10 Å². The smallest absolute Gasteiger partial charge is 0.306 e. The van der Waals surface area contributed by atoms with Gasteiger partial charge in [0.2, 0.25) is 0 Å². The quantitative estimate of drug-likeness (QED) is 0.0489. The zero-order valence-electron chi connectivity index (χ0n) is 37.0. The lowest BCUT2D eigenvalue weighted by atomic mass is 10.0. The molecule has 0 aliphatic carbocycles. The second-order valence-corrected chi connectivity index (χ2v) is 16.7. The van der Waals surface area contributed by atoms with Crippen molar-refractivity contribution >= 4 is 11.9 Å². The number of hydrogen-bond donors (Lipinski definition) is 0. The second-order valence-electron chi connectivity index (χ2n) is 16.7. The largest absolute Gasteiger partial charge is 0.466 e. The van der Waals surface area contributed by atoms with Crippen molar-refractivity contribution < 1.29 is 19.1 Å². The van der Waals surface area contributed by atoms with Crippen LogP contribution in [-0.2, 0) is 25.6 Å². The van der Waals surface area contributed by atoms with Crippen LogP contribution in [0.1, 0.15) is 239 Å². The molecule has 0 bridgehead atoms. The van der Waals surface area contributed by atoms with E-state index in [1.165, 1.54) is 161 Å². The molecule has 1 rings (SSSR count). The Morgan fingerprint density at radius 3 is 1.38 bits per heavy atom. The molecule has 0 saturated carbocycles. The van der Waals surface area contributed by atoms with Gasteiger partial charge in [0.05, 0.1) is 6.61 Å². The molecule has 0 atom stereocenters. The van der Waals surface area contributed by atoms with Crippen molar-refractivity contribution in [3.8, 4) is 0 Å². The zero-order valence-corrected chi connectivity index (χ0v) is 37.0. The van der Waals surface area contributed by atoms with E-state index < -0.39 is 0 Å². The Balaban J connectivity index is 2.24. The number of nitrogens with zero attached hydrogens (tertiary/aromatic N) is 2. The Hall–Kier alpha value is -1.82. The number of hydrogen-bond acceptors (Lipinski definition) is 5. The monoisotopic (exact) mass is 773 g/mol. The maximum Gasteiger partial charge on any atom is 0.306 e. The van der Waals surface area contributed by atoms with Crippen molar-refractivity contribution in [1.29, 1.82) is 0 Å². The molecule has 0 aliphatic rings. The van der Waals surface area contributed by atoms with Crippen molar-refractivity contribution in [2.45, 2.75) is 252 Å². The summed E-state index contributed by atoms with van der Waals surface area (Å²) in [6.07, 6.45) is 44.6. The lowest BCUT2D eigenvalue weighted by molar-refractivity contribution is -0.150. The van der Waals surface area contributed by atoms with E-state index in [1.54, 1.807) is 0 Å². The minimum Gasteiger partial charge on any atom is -0.466 e. The number of carbonyl (C=O) groups is 2. The Kier molecular flexibility index (Phi) is 37.6. The Morgan fingerprint density at radius 1 is 0.473 bits per heavy atom. The second kappa shape index (κ2) is 40.4. The van der Waals surface area contributed by atoms with Crippen LogP contribution in [0.3, 0.4) is 0 Å². The Bertz CT molecular complexity index is 919. The number of unbranched alkanes of at least 4 members (excludes halogenated alkanes) is 24. The zero-order chi connectivity index (χ0) is 39.7. The van der Waals surface area contributed by atoms with Gasteiger partial charge in [-0.05, 0) is 96.0 Å². The molecular formula is C49H92N2O4. The molecule has 0 saturated heterocycles. The van der Waals surface area contributed by atoms with E-state index in [2.05, 4.69) is 54.8 Å². The molecule has 0 fully saturated rings. The first-order valence-electron chi connectivity index (χ1n) is 24.3. The molecule has 322 valence electrons. The summed E-state index contributed by atoms with van der Waals surface area (Å²) in [7, 11) is 0. The van der Waals surface area contributed by atoms with E-state index in [9.17, 15) is 9.59 Å². The van der Waals surface area contributed by atoms with Crippen LogP contribution in [0.2, 0.25) is 0 Å². The minimum absolute atomic E-state index is 0.00831. The van der Waals surface area contributed by atoms with Crippen molar-refractivity contribution in [1.82, 2.24) is 9.47 Å². The highest BCUT2D eigenvalue weighted by atomic mass is 16.5. The summed E-state index contributed by atoms with van der Waals surface area (Å²) < 4.78 is 13.8. The average molecular weight is 773 g/mol. The fraction of sp³-hybridized carbons (Fsp3) is 0.878. The number of aryl methyl sites for hydroxylation is 1. The van der Waals surface area contributed by atoms with Crippen molar-refractivity contribution in [3.63, 3.8) is 0 Å². The molecule has 1 heterocycles. The van der Waals surface area contributed by atoms with Gasteiger partial charge in [-0.1, -0.05) is 162 Å². The fourth-order valence-corrected chi connectivity index (χ4v) is 7.73. The lowest BCUT2D eigenvalue weighted by Gasteiger charge is -2.22. The molecule has 55 heavy (non-hydrogen) atoms. The van der Waals surface area contributed by atoms with Crippen LogP contribution >= 0.6 is 0 Å². The van der Waals surface area contributed by atoms with Crippen molar-refractivity contribution in [2.24, 2.45) is 0 Å². The van der Waals surface area contributed by atoms with Gasteiger partial charge in [-0.15, -0.1) is 0 Å². The molecule has 1 aromatic rings. The van der Waals surface area contributed by atoms with E-state index in [-0.39, 0.29) is 18.0 Å². The molecule has 0 radical (unpaired) electrons. The molecule has 0 aliphatic heterocycles. The predicted molar refractivity (Wildman–Crippen MR) is 236 cm³/mol. The first kappa shape index (κ1) is 51.2. The van der Waals surface area contributed by atoms with Crippen molar-refractivity contribution in [2.75, 3.05) is 26.2 Å². The van der Waals surface area contributed by atoms with E-state index in [4.69, 9.17) is 9.47 Å². The van der Waals surface area contributed by atoms with E-state index >= 15 is 0 Å². The molecule has 6 heteroatoms. The number of rotatable bonds is 43. The Morgan fingerprint density at radius 2 is 0.873 bits per heavy atom. The van der Waals surface area contributed by atoms with Crippen LogP contribution in [-0.4, -0.2) is 53.8 Å². The first-order chi connectivity index (χ1) is 27.1. The molecule has 0 amide bonds. The summed E-state index contributed by atoms with van der Waals surface area (Å²) in [5, 5.41) is 0. The normalized spacial score (nSPS) is 11.6. The average Bonchev–Trinajstić information content (AvgIpc) is 3.71. The maximum atomic E-state index is 12.8. The van der Waals surface area contributed by atoms with Crippen LogP contribution in [0.25, 0.3) is 0 Å². The topological polar surface area (TPSA) is 60.8 Å². The van der Waals surface area contributed by atoms with E-state index in [0.29, 0.717) is 19.4 Å². The van der Waals surface area contributed by atoms with Crippen LogP contribution in [0, 0.1) is 0 Å². The van der Waals surface area contributed by atoms with Gasteiger partial charge in [0.25, 0.3) is 0 Å². The van der Waals surface area contributed by atoms with Crippen LogP contribution in [0.15, 0.2) is 24.5 Å². The highest BCUT2D eigenvalue weighted by molar-refractivity contribution is 5.69. The Labute approximate surface area is 342 Å². The fourth-order valence-electron chi connectivity index (χ4n) is 7.73. The predicted octanol–water partition coefficient (Wildman–Crippen LogP) is 14.6. The minimum atomic E-state index is -0.00831. The van der Waals surface area contributed by atoms with Crippen molar-refractivity contribution in [3.05, 3.63) is 24.5 Å².